The highest BCUT2D eigenvalue weighted by atomic mass is 79.9. The number of nitrogens with one attached hydrogen (secondary N) is 1. The molecule has 0 aliphatic rings. The molecule has 0 aliphatic heterocycles. The molecule has 0 saturated heterocycles. The van der Waals surface area contributed by atoms with Crippen molar-refractivity contribution >= 4 is 26.0 Å². The van der Waals surface area contributed by atoms with E-state index in [1.54, 1.807) is 19.9 Å². The van der Waals surface area contributed by atoms with Crippen molar-refractivity contribution in [1.82, 2.24) is 9.62 Å². The molecule has 0 heterocycles. The lowest BCUT2D eigenvalue weighted by Gasteiger charge is -2.20. The molecule has 1 rings (SSSR count). The molecule has 120 valence electrons. The number of benzene rings is 1. The Balaban J connectivity index is 3.31. The zero-order valence-corrected chi connectivity index (χ0v) is 15.2. The summed E-state index contributed by atoms with van der Waals surface area (Å²) in [5.74, 6) is -0.682. The largest absolute Gasteiger partial charge is 0.310 e. The van der Waals surface area contributed by atoms with E-state index in [4.69, 9.17) is 0 Å². The van der Waals surface area contributed by atoms with Crippen LogP contribution in [0.2, 0.25) is 0 Å². The van der Waals surface area contributed by atoms with Gasteiger partial charge in [-0.3, -0.25) is 0 Å². The van der Waals surface area contributed by atoms with Crippen LogP contribution in [0.4, 0.5) is 4.39 Å². The molecule has 0 unspecified atom stereocenters. The maximum Gasteiger partial charge on any atom is 0.246 e. The van der Waals surface area contributed by atoms with Crippen molar-refractivity contribution in [2.24, 2.45) is 0 Å². The summed E-state index contributed by atoms with van der Waals surface area (Å²) < 4.78 is 41.4. The van der Waals surface area contributed by atoms with Gasteiger partial charge < -0.3 is 5.32 Å². The topological polar surface area (TPSA) is 49.4 Å². The van der Waals surface area contributed by atoms with E-state index in [1.807, 2.05) is 13.8 Å². The van der Waals surface area contributed by atoms with Gasteiger partial charge in [0.25, 0.3) is 0 Å². The summed E-state index contributed by atoms with van der Waals surface area (Å²) in [4.78, 5) is -0.277. The first-order chi connectivity index (χ1) is 9.73. The van der Waals surface area contributed by atoms with Gasteiger partial charge in [0.2, 0.25) is 10.0 Å². The lowest BCUT2D eigenvalue weighted by molar-refractivity contribution is 0.438. The van der Waals surface area contributed by atoms with Crippen molar-refractivity contribution in [3.05, 3.63) is 28.0 Å². The van der Waals surface area contributed by atoms with Crippen molar-refractivity contribution < 1.29 is 12.8 Å². The Kier molecular flexibility index (Phi) is 6.77. The number of hydrogen-bond acceptors (Lipinski definition) is 3. The van der Waals surface area contributed by atoms with Crippen LogP contribution in [0.15, 0.2) is 21.5 Å². The predicted octanol–water partition coefficient (Wildman–Crippen LogP) is 3.12. The van der Waals surface area contributed by atoms with Gasteiger partial charge in [-0.1, -0.05) is 43.6 Å². The molecule has 0 saturated carbocycles. The smallest absolute Gasteiger partial charge is 0.246 e. The average Bonchev–Trinajstić information content (AvgIpc) is 2.40. The van der Waals surface area contributed by atoms with E-state index in [-0.39, 0.29) is 17.5 Å². The van der Waals surface area contributed by atoms with Crippen molar-refractivity contribution in [2.45, 2.75) is 45.2 Å². The third kappa shape index (κ3) is 4.48. The Hall–Kier alpha value is -0.500. The fraction of sp³-hybridized carbons (Fsp3) is 0.571. The maximum atomic E-state index is 14.6. The van der Waals surface area contributed by atoms with Gasteiger partial charge in [-0.2, -0.15) is 4.31 Å². The fourth-order valence-electron chi connectivity index (χ4n) is 1.95. The first-order valence-corrected chi connectivity index (χ1v) is 9.18. The van der Waals surface area contributed by atoms with Gasteiger partial charge in [-0.15, -0.1) is 0 Å². The molecule has 4 nitrogen and oxygen atoms in total. The zero-order valence-electron chi connectivity index (χ0n) is 12.8. The first-order valence-electron chi connectivity index (χ1n) is 6.95. The molecule has 0 aromatic heterocycles. The fourth-order valence-corrected chi connectivity index (χ4v) is 4.20. The zero-order chi connectivity index (χ0) is 16.2. The summed E-state index contributed by atoms with van der Waals surface area (Å²) in [6.07, 6.45) is 0. The van der Waals surface area contributed by atoms with Crippen LogP contribution in [0.25, 0.3) is 0 Å². The van der Waals surface area contributed by atoms with Gasteiger partial charge in [0, 0.05) is 35.7 Å². The van der Waals surface area contributed by atoms with Crippen LogP contribution in [-0.2, 0) is 16.6 Å². The number of rotatable bonds is 7. The second kappa shape index (κ2) is 7.67. The standard InChI is InChI=1S/C14H22BrFN2O2S/c1-5-18(6-2)21(19,20)13-8-12(15)7-11(14(13)16)9-17-10(3)4/h7-8,10,17H,5-6,9H2,1-4H3. The minimum absolute atomic E-state index is 0.186. The Morgan fingerprint density at radius 1 is 1.29 bits per heavy atom. The Morgan fingerprint density at radius 2 is 1.86 bits per heavy atom. The van der Waals surface area contributed by atoms with Gasteiger partial charge >= 0.3 is 0 Å². The van der Waals surface area contributed by atoms with Crippen molar-refractivity contribution in [3.8, 4) is 0 Å². The molecule has 1 N–H and O–H groups in total. The SMILES string of the molecule is CCN(CC)S(=O)(=O)c1cc(Br)cc(CNC(C)C)c1F. The molecule has 0 atom stereocenters. The molecule has 7 heteroatoms. The summed E-state index contributed by atoms with van der Waals surface area (Å²) in [6, 6.07) is 3.11. The van der Waals surface area contributed by atoms with Crippen molar-refractivity contribution in [2.75, 3.05) is 13.1 Å². The molecule has 0 radical (unpaired) electrons. The first kappa shape index (κ1) is 18.5. The number of hydrogen-bond donors (Lipinski definition) is 1. The average molecular weight is 381 g/mol. The second-order valence-electron chi connectivity index (χ2n) is 5.00. The summed E-state index contributed by atoms with van der Waals surface area (Å²) in [5, 5.41) is 3.10. The number of halogens is 2. The molecule has 0 fully saturated rings. The van der Waals surface area contributed by atoms with Gasteiger partial charge in [-0.05, 0) is 12.1 Å². The maximum absolute atomic E-state index is 14.6. The molecule has 0 spiro atoms. The normalized spacial score (nSPS) is 12.4. The summed E-state index contributed by atoms with van der Waals surface area (Å²) in [5.41, 5.74) is 0.337. The highest BCUT2D eigenvalue weighted by Gasteiger charge is 2.27. The van der Waals surface area contributed by atoms with Crippen molar-refractivity contribution in [3.63, 3.8) is 0 Å². The summed E-state index contributed by atoms with van der Waals surface area (Å²) >= 11 is 3.26. The molecular weight excluding hydrogens is 359 g/mol. The molecule has 1 aromatic carbocycles. The molecule has 0 amide bonds. The molecule has 1 aromatic rings. The number of nitrogens with zero attached hydrogens (tertiary/aromatic N) is 1. The highest BCUT2D eigenvalue weighted by Crippen LogP contribution is 2.26. The van der Waals surface area contributed by atoms with Gasteiger partial charge in [0.15, 0.2) is 0 Å². The Labute approximate surface area is 134 Å². The van der Waals surface area contributed by atoms with E-state index in [2.05, 4.69) is 21.2 Å². The van der Waals surface area contributed by atoms with E-state index in [9.17, 15) is 12.8 Å². The Morgan fingerprint density at radius 3 is 2.33 bits per heavy atom. The van der Waals surface area contributed by atoms with Gasteiger partial charge in [0.1, 0.15) is 10.7 Å². The van der Waals surface area contributed by atoms with Gasteiger partial charge in [-0.25, -0.2) is 12.8 Å². The van der Waals surface area contributed by atoms with Crippen LogP contribution >= 0.6 is 15.9 Å². The highest BCUT2D eigenvalue weighted by molar-refractivity contribution is 9.10. The quantitative estimate of drug-likeness (QED) is 0.790. The van der Waals surface area contributed by atoms with Crippen LogP contribution in [0, 0.1) is 5.82 Å². The van der Waals surface area contributed by atoms with E-state index in [0.29, 0.717) is 23.1 Å². The second-order valence-corrected chi connectivity index (χ2v) is 7.82. The van der Waals surface area contributed by atoms with E-state index < -0.39 is 15.8 Å². The minimum Gasteiger partial charge on any atom is -0.310 e. The van der Waals surface area contributed by atoms with Crippen LogP contribution in [0.3, 0.4) is 0 Å². The van der Waals surface area contributed by atoms with Crippen LogP contribution in [-0.4, -0.2) is 31.9 Å². The molecule has 0 bridgehead atoms. The minimum atomic E-state index is -3.81. The van der Waals surface area contributed by atoms with Crippen LogP contribution in [0.1, 0.15) is 33.3 Å². The van der Waals surface area contributed by atoms with E-state index >= 15 is 0 Å². The van der Waals surface area contributed by atoms with E-state index in [0.717, 1.165) is 0 Å². The lowest BCUT2D eigenvalue weighted by Crippen LogP contribution is -2.31. The van der Waals surface area contributed by atoms with Crippen LogP contribution < -0.4 is 5.32 Å². The van der Waals surface area contributed by atoms with Crippen molar-refractivity contribution in [1.29, 1.82) is 0 Å². The lowest BCUT2D eigenvalue weighted by atomic mass is 10.2. The third-order valence-corrected chi connectivity index (χ3v) is 5.61. The predicted molar refractivity (Wildman–Crippen MR) is 86.2 cm³/mol. The molecule has 21 heavy (non-hydrogen) atoms. The van der Waals surface area contributed by atoms with Crippen LogP contribution in [0.5, 0.6) is 0 Å². The molecular formula is C14H22BrFN2O2S. The summed E-state index contributed by atoms with van der Waals surface area (Å²) in [6.45, 7) is 8.27. The van der Waals surface area contributed by atoms with Gasteiger partial charge in [0.05, 0.1) is 0 Å². The third-order valence-electron chi connectivity index (χ3n) is 3.10. The monoisotopic (exact) mass is 380 g/mol. The molecule has 0 aliphatic carbocycles. The summed E-state index contributed by atoms with van der Waals surface area (Å²) in [7, 11) is -3.81. The van der Waals surface area contributed by atoms with E-state index in [1.165, 1.54) is 10.4 Å². The Bertz CT molecular complexity index is 587. The number of sulfonamides is 1.